The zero-order valence-corrected chi connectivity index (χ0v) is 19.4. The summed E-state index contributed by atoms with van der Waals surface area (Å²) < 4.78 is 6.99. The van der Waals surface area contributed by atoms with Crippen LogP contribution in [0.3, 0.4) is 0 Å². The second-order valence-corrected chi connectivity index (χ2v) is 8.90. The van der Waals surface area contributed by atoms with Gasteiger partial charge in [0.25, 0.3) is 5.56 Å². The predicted molar refractivity (Wildman–Crippen MR) is 127 cm³/mol. The highest BCUT2D eigenvalue weighted by molar-refractivity contribution is 6.31. The van der Waals surface area contributed by atoms with Gasteiger partial charge in [-0.3, -0.25) is 19.7 Å². The van der Waals surface area contributed by atoms with Gasteiger partial charge < -0.3 is 19.5 Å². The molecule has 0 saturated carbocycles. The van der Waals surface area contributed by atoms with Crippen LogP contribution in [0.1, 0.15) is 24.1 Å². The number of aromatic nitrogens is 3. The maximum absolute atomic E-state index is 12.5. The van der Waals surface area contributed by atoms with Crippen LogP contribution in [0.2, 0.25) is 5.02 Å². The molecule has 0 unspecified atom stereocenters. The van der Waals surface area contributed by atoms with E-state index in [0.717, 1.165) is 42.4 Å². The number of aliphatic hydroxyl groups excluding tert-OH is 2. The number of ether oxygens (including phenoxy) is 1. The quantitative estimate of drug-likeness (QED) is 0.518. The van der Waals surface area contributed by atoms with E-state index < -0.39 is 6.10 Å². The number of piperidine rings is 1. The van der Waals surface area contributed by atoms with Crippen molar-refractivity contribution in [2.45, 2.75) is 38.5 Å². The van der Waals surface area contributed by atoms with E-state index in [2.05, 4.69) is 14.9 Å². The van der Waals surface area contributed by atoms with Crippen LogP contribution in [0.5, 0.6) is 5.75 Å². The molecule has 0 bridgehead atoms. The van der Waals surface area contributed by atoms with Crippen LogP contribution >= 0.6 is 11.6 Å². The van der Waals surface area contributed by atoms with E-state index in [1.165, 1.54) is 6.07 Å². The molecule has 4 rings (SSSR count). The molecule has 4 heterocycles. The molecule has 9 heteroatoms. The molecule has 3 aromatic heterocycles. The SMILES string of the molecule is COc1cnc2ccc(=O)n(CCN3CC[C@H](CCc4cnc(CO)c(Cl)c4)[C@H](O)C3)c2c1. The highest BCUT2D eigenvalue weighted by Crippen LogP contribution is 2.24. The number of halogens is 1. The lowest BCUT2D eigenvalue weighted by Gasteiger charge is -2.36. The van der Waals surface area contributed by atoms with Gasteiger partial charge in [-0.05, 0) is 49.4 Å². The monoisotopic (exact) mass is 472 g/mol. The first-order valence-corrected chi connectivity index (χ1v) is 11.5. The first-order valence-electron chi connectivity index (χ1n) is 11.2. The molecule has 1 saturated heterocycles. The Morgan fingerprint density at radius 2 is 2.06 bits per heavy atom. The van der Waals surface area contributed by atoms with E-state index in [1.807, 2.05) is 12.1 Å². The molecule has 0 spiro atoms. The summed E-state index contributed by atoms with van der Waals surface area (Å²) in [5.41, 5.74) is 2.90. The molecule has 2 atom stereocenters. The fraction of sp³-hybridized carbons (Fsp3) is 0.458. The van der Waals surface area contributed by atoms with Crippen molar-refractivity contribution < 1.29 is 14.9 Å². The second kappa shape index (κ2) is 10.6. The largest absolute Gasteiger partial charge is 0.495 e. The van der Waals surface area contributed by atoms with Gasteiger partial charge in [0.05, 0.1) is 47.8 Å². The first-order chi connectivity index (χ1) is 16.0. The molecule has 33 heavy (non-hydrogen) atoms. The van der Waals surface area contributed by atoms with Gasteiger partial charge in [-0.25, -0.2) is 0 Å². The van der Waals surface area contributed by atoms with Gasteiger partial charge in [0.1, 0.15) is 5.75 Å². The Hall–Kier alpha value is -2.52. The minimum Gasteiger partial charge on any atom is -0.495 e. The molecular weight excluding hydrogens is 444 g/mol. The number of aliphatic hydroxyl groups is 2. The van der Waals surface area contributed by atoms with Crippen LogP contribution < -0.4 is 10.3 Å². The normalized spacial score (nSPS) is 19.2. The molecule has 0 aliphatic carbocycles. The van der Waals surface area contributed by atoms with Gasteiger partial charge in [0, 0.05) is 38.0 Å². The second-order valence-electron chi connectivity index (χ2n) is 8.49. The van der Waals surface area contributed by atoms with E-state index in [-0.39, 0.29) is 18.1 Å². The molecule has 0 amide bonds. The minimum atomic E-state index is -0.426. The van der Waals surface area contributed by atoms with Crippen molar-refractivity contribution in [3.05, 3.63) is 63.3 Å². The van der Waals surface area contributed by atoms with Crippen molar-refractivity contribution in [2.24, 2.45) is 5.92 Å². The lowest BCUT2D eigenvalue weighted by atomic mass is 9.88. The van der Waals surface area contributed by atoms with Crippen molar-refractivity contribution in [3.63, 3.8) is 0 Å². The average Bonchev–Trinajstić information content (AvgIpc) is 2.82. The summed E-state index contributed by atoms with van der Waals surface area (Å²) in [7, 11) is 1.58. The summed E-state index contributed by atoms with van der Waals surface area (Å²) in [6.45, 7) is 2.46. The van der Waals surface area contributed by atoms with Crippen LogP contribution in [0.15, 0.2) is 41.5 Å². The van der Waals surface area contributed by atoms with E-state index in [9.17, 15) is 15.0 Å². The zero-order valence-electron chi connectivity index (χ0n) is 18.7. The van der Waals surface area contributed by atoms with Crippen molar-refractivity contribution in [3.8, 4) is 5.75 Å². The number of nitrogens with zero attached hydrogens (tertiary/aromatic N) is 4. The Labute approximate surface area is 197 Å². The Bertz CT molecular complexity index is 1170. The number of fused-ring (bicyclic) bond motifs is 1. The number of methoxy groups -OCH3 is 1. The molecule has 2 N–H and O–H groups in total. The fourth-order valence-corrected chi connectivity index (χ4v) is 4.68. The van der Waals surface area contributed by atoms with Crippen molar-refractivity contribution in [1.82, 2.24) is 19.4 Å². The van der Waals surface area contributed by atoms with Crippen LogP contribution in [0, 0.1) is 5.92 Å². The van der Waals surface area contributed by atoms with Gasteiger partial charge >= 0.3 is 0 Å². The number of pyridine rings is 3. The Morgan fingerprint density at radius 1 is 1.21 bits per heavy atom. The number of aryl methyl sites for hydroxylation is 1. The molecule has 0 radical (unpaired) electrons. The van der Waals surface area contributed by atoms with Crippen LogP contribution in [0.25, 0.3) is 11.0 Å². The standard InChI is InChI=1S/C24H29ClN4O4/c1-33-18-11-22-20(27-13-18)4-5-24(32)29(22)9-8-28-7-6-17(23(31)14-28)3-2-16-10-19(25)21(15-30)26-12-16/h4-5,10-13,17,23,30-31H,2-3,6-9,14-15H2,1H3/t17-,23+/m0/s1. The summed E-state index contributed by atoms with van der Waals surface area (Å²) in [6, 6.07) is 6.94. The van der Waals surface area contributed by atoms with Crippen molar-refractivity contribution in [2.75, 3.05) is 26.7 Å². The van der Waals surface area contributed by atoms with E-state index in [4.69, 9.17) is 16.3 Å². The van der Waals surface area contributed by atoms with Gasteiger partial charge in [0.15, 0.2) is 0 Å². The minimum absolute atomic E-state index is 0.0764. The number of likely N-dealkylation sites (tertiary alicyclic amines) is 1. The fourth-order valence-electron chi connectivity index (χ4n) is 4.43. The summed E-state index contributed by atoms with van der Waals surface area (Å²) in [5, 5.41) is 20.4. The number of hydrogen-bond donors (Lipinski definition) is 2. The number of β-amino-alcohol motifs (C(OH)–C–C–N with tert-alkyl or cyclic N) is 1. The van der Waals surface area contributed by atoms with Gasteiger partial charge in [-0.2, -0.15) is 0 Å². The smallest absolute Gasteiger partial charge is 0.251 e. The van der Waals surface area contributed by atoms with Gasteiger partial charge in [0.2, 0.25) is 0 Å². The molecule has 1 aliphatic rings. The first kappa shape index (κ1) is 23.6. The van der Waals surface area contributed by atoms with E-state index in [1.54, 1.807) is 30.1 Å². The van der Waals surface area contributed by atoms with Gasteiger partial charge in [-0.15, -0.1) is 0 Å². The molecule has 1 fully saturated rings. The highest BCUT2D eigenvalue weighted by atomic mass is 35.5. The Kier molecular flexibility index (Phi) is 7.60. The summed E-state index contributed by atoms with van der Waals surface area (Å²) in [6.07, 6.45) is 5.47. The number of hydrogen-bond acceptors (Lipinski definition) is 7. The van der Waals surface area contributed by atoms with E-state index >= 15 is 0 Å². The third-order valence-electron chi connectivity index (χ3n) is 6.42. The maximum atomic E-state index is 12.5. The third-order valence-corrected chi connectivity index (χ3v) is 6.75. The summed E-state index contributed by atoms with van der Waals surface area (Å²) in [4.78, 5) is 23.3. The third kappa shape index (κ3) is 5.52. The van der Waals surface area contributed by atoms with Crippen molar-refractivity contribution >= 4 is 22.6 Å². The Morgan fingerprint density at radius 3 is 2.79 bits per heavy atom. The number of rotatable bonds is 8. The predicted octanol–water partition coefficient (Wildman–Crippen LogP) is 2.26. The molecule has 8 nitrogen and oxygen atoms in total. The Balaban J connectivity index is 1.34. The molecular formula is C24H29ClN4O4. The van der Waals surface area contributed by atoms with Gasteiger partial charge in [-0.1, -0.05) is 11.6 Å². The molecule has 0 aromatic carbocycles. The molecule has 176 valence electrons. The van der Waals surface area contributed by atoms with Crippen molar-refractivity contribution in [1.29, 1.82) is 0 Å². The van der Waals surface area contributed by atoms with Crippen LogP contribution in [-0.2, 0) is 19.6 Å². The van der Waals surface area contributed by atoms with Crippen LogP contribution in [0.4, 0.5) is 0 Å². The maximum Gasteiger partial charge on any atom is 0.251 e. The summed E-state index contributed by atoms with van der Waals surface area (Å²) >= 11 is 6.13. The van der Waals surface area contributed by atoms with Crippen LogP contribution in [-0.4, -0.2) is 62.5 Å². The lowest BCUT2D eigenvalue weighted by Crippen LogP contribution is -2.45. The molecule has 1 aliphatic heterocycles. The highest BCUT2D eigenvalue weighted by Gasteiger charge is 2.27. The summed E-state index contributed by atoms with van der Waals surface area (Å²) in [5.74, 6) is 0.812. The zero-order chi connectivity index (χ0) is 23.4. The average molecular weight is 473 g/mol. The van der Waals surface area contributed by atoms with E-state index in [0.29, 0.717) is 36.1 Å². The lowest BCUT2D eigenvalue weighted by molar-refractivity contribution is 0.0174. The molecule has 3 aromatic rings. The topological polar surface area (TPSA) is 101 Å².